The average Bonchev–Trinajstić information content (AvgIpc) is 3.28. The van der Waals surface area contributed by atoms with Gasteiger partial charge >= 0.3 is 0 Å². The zero-order chi connectivity index (χ0) is 26.1. The Bertz CT molecular complexity index is 1090. The first-order chi connectivity index (χ1) is 17.3. The lowest BCUT2D eigenvalue weighted by molar-refractivity contribution is -0.129. The van der Waals surface area contributed by atoms with E-state index in [4.69, 9.17) is 4.63 Å². The summed E-state index contributed by atoms with van der Waals surface area (Å²) in [5, 5.41) is 24.6. The van der Waals surface area contributed by atoms with Crippen LogP contribution >= 0.6 is 11.8 Å². The van der Waals surface area contributed by atoms with Crippen molar-refractivity contribution in [3.8, 4) is 0 Å². The highest BCUT2D eigenvalue weighted by molar-refractivity contribution is 7.99. The zero-order valence-corrected chi connectivity index (χ0v) is 21.9. The first kappa shape index (κ1) is 27.4. The summed E-state index contributed by atoms with van der Waals surface area (Å²) in [7, 11) is 0. The molecule has 2 aromatic rings. The molecule has 0 bridgehead atoms. The Balaban J connectivity index is 1.61. The van der Waals surface area contributed by atoms with Gasteiger partial charge in [0.05, 0.1) is 18.8 Å². The van der Waals surface area contributed by atoms with Crippen LogP contribution in [-0.4, -0.2) is 62.4 Å². The molecule has 1 amide bonds. The second kappa shape index (κ2) is 13.2. The second-order valence-electron chi connectivity index (χ2n) is 8.84. The lowest BCUT2D eigenvalue weighted by Crippen LogP contribution is -2.57. The number of amidine groups is 1. The number of nitrogens with one attached hydrogen (secondary N) is 2. The van der Waals surface area contributed by atoms with Crippen molar-refractivity contribution in [2.24, 2.45) is 10.9 Å². The number of Topliss-reactive ketones (excluding diaryl/α,β-unsaturated/α-hetero) is 1. The van der Waals surface area contributed by atoms with Crippen LogP contribution in [0.1, 0.15) is 44.1 Å². The van der Waals surface area contributed by atoms with Crippen molar-refractivity contribution in [3.63, 3.8) is 0 Å². The first-order valence-electron chi connectivity index (χ1n) is 12.0. The van der Waals surface area contributed by atoms with Crippen molar-refractivity contribution in [2.75, 3.05) is 12.3 Å². The van der Waals surface area contributed by atoms with E-state index in [0.29, 0.717) is 29.4 Å². The minimum absolute atomic E-state index is 0.0561. The Hall–Kier alpha value is -3.18. The Morgan fingerprint density at radius 1 is 1.28 bits per heavy atom. The lowest BCUT2D eigenvalue weighted by atomic mass is 10.1. The number of amides is 1. The molecular formula is C25H34N6O4S. The van der Waals surface area contributed by atoms with E-state index in [9.17, 15) is 14.7 Å². The summed E-state index contributed by atoms with van der Waals surface area (Å²) < 4.78 is 4.72. The number of ketones is 1. The van der Waals surface area contributed by atoms with Crippen LogP contribution in [0.2, 0.25) is 0 Å². The van der Waals surface area contributed by atoms with E-state index in [1.54, 1.807) is 18.0 Å². The SMILES string of the molecule is CCC(C(=O)NCC(=O)CSCc1ccccc1)N1C=C(C(C)C)NC(=NCc2nonc2C)C1O. The van der Waals surface area contributed by atoms with Crippen molar-refractivity contribution >= 4 is 29.3 Å². The second-order valence-corrected chi connectivity index (χ2v) is 9.83. The molecule has 0 saturated carbocycles. The highest BCUT2D eigenvalue weighted by atomic mass is 32.2. The molecule has 36 heavy (non-hydrogen) atoms. The Morgan fingerprint density at radius 3 is 2.67 bits per heavy atom. The van der Waals surface area contributed by atoms with E-state index >= 15 is 0 Å². The van der Waals surface area contributed by atoms with Gasteiger partial charge in [0, 0.05) is 17.6 Å². The number of aryl methyl sites for hydroxylation is 1. The molecule has 1 aromatic carbocycles. The van der Waals surface area contributed by atoms with Crippen LogP contribution in [0.4, 0.5) is 0 Å². The lowest BCUT2D eigenvalue weighted by Gasteiger charge is -2.39. The number of carbonyl (C=O) groups is 2. The van der Waals surface area contributed by atoms with Gasteiger partial charge in [-0.2, -0.15) is 0 Å². The molecule has 194 valence electrons. The largest absolute Gasteiger partial charge is 0.367 e. The van der Waals surface area contributed by atoms with E-state index in [1.165, 1.54) is 11.8 Å². The Labute approximate surface area is 215 Å². The standard InChI is InChI=1S/C25H34N6O4S/c1-5-22(24(33)27-11-19(32)15-36-14-18-9-7-6-8-10-18)31-13-21(16(2)3)28-23(25(31)34)26-12-20-17(4)29-35-30-20/h6-10,13,16,22,25,34H,5,11-12,14-15H2,1-4H3,(H,26,28)(H,27,33). The van der Waals surface area contributed by atoms with E-state index < -0.39 is 12.3 Å². The van der Waals surface area contributed by atoms with Gasteiger partial charge in [0.2, 0.25) is 5.91 Å². The van der Waals surface area contributed by atoms with Crippen LogP contribution in [0.3, 0.4) is 0 Å². The van der Waals surface area contributed by atoms with Gasteiger partial charge in [-0.3, -0.25) is 14.6 Å². The molecule has 2 unspecified atom stereocenters. The van der Waals surface area contributed by atoms with Crippen molar-refractivity contribution in [1.29, 1.82) is 0 Å². The van der Waals surface area contributed by atoms with Crippen LogP contribution in [0.25, 0.3) is 0 Å². The number of allylic oxidation sites excluding steroid dienone is 1. The quantitative estimate of drug-likeness (QED) is 0.390. The minimum Gasteiger partial charge on any atom is -0.367 e. The number of hydrogen-bond acceptors (Lipinski definition) is 9. The van der Waals surface area contributed by atoms with Crippen molar-refractivity contribution in [2.45, 2.75) is 58.7 Å². The number of aromatic nitrogens is 2. The van der Waals surface area contributed by atoms with E-state index in [1.807, 2.05) is 51.1 Å². The maximum atomic E-state index is 13.0. The molecule has 2 atom stereocenters. The topological polar surface area (TPSA) is 133 Å². The molecule has 11 heteroatoms. The molecule has 1 aromatic heterocycles. The minimum atomic E-state index is -1.17. The van der Waals surface area contributed by atoms with E-state index in [2.05, 4.69) is 25.9 Å². The van der Waals surface area contributed by atoms with Crippen LogP contribution in [0.15, 0.2) is 51.9 Å². The fourth-order valence-corrected chi connectivity index (χ4v) is 4.45. The highest BCUT2D eigenvalue weighted by Crippen LogP contribution is 2.20. The molecule has 3 N–H and O–H groups in total. The maximum absolute atomic E-state index is 13.0. The van der Waals surface area contributed by atoms with Gasteiger partial charge in [0.1, 0.15) is 17.4 Å². The maximum Gasteiger partial charge on any atom is 0.243 e. The van der Waals surface area contributed by atoms with Crippen molar-refractivity contribution in [3.05, 3.63) is 59.2 Å². The molecule has 0 fully saturated rings. The third kappa shape index (κ3) is 7.41. The fraction of sp³-hybridized carbons (Fsp3) is 0.480. The fourth-order valence-electron chi connectivity index (χ4n) is 3.59. The number of aliphatic hydroxyl groups excluding tert-OH is 1. The molecule has 0 spiro atoms. The number of aliphatic hydroxyl groups is 1. The van der Waals surface area contributed by atoms with Crippen molar-refractivity contribution < 1.29 is 19.3 Å². The number of rotatable bonds is 12. The molecule has 1 aliphatic rings. The molecule has 10 nitrogen and oxygen atoms in total. The van der Waals surface area contributed by atoms with Gasteiger partial charge in [-0.25, -0.2) is 4.63 Å². The van der Waals surface area contributed by atoms with E-state index in [-0.39, 0.29) is 30.7 Å². The summed E-state index contributed by atoms with van der Waals surface area (Å²) >= 11 is 1.52. The first-order valence-corrected chi connectivity index (χ1v) is 13.1. The smallest absolute Gasteiger partial charge is 0.243 e. The average molecular weight is 515 g/mol. The van der Waals surface area contributed by atoms with Crippen LogP contribution in [0.5, 0.6) is 0 Å². The molecule has 1 aliphatic heterocycles. The summed E-state index contributed by atoms with van der Waals surface area (Å²) in [6, 6.07) is 9.25. The highest BCUT2D eigenvalue weighted by Gasteiger charge is 2.34. The summed E-state index contributed by atoms with van der Waals surface area (Å²) in [4.78, 5) is 31.5. The monoisotopic (exact) mass is 514 g/mol. The van der Waals surface area contributed by atoms with Gasteiger partial charge in [-0.05, 0) is 24.8 Å². The Morgan fingerprint density at radius 2 is 2.03 bits per heavy atom. The molecule has 2 heterocycles. The number of carbonyl (C=O) groups excluding carboxylic acids is 2. The molecule has 0 aliphatic carbocycles. The molecule has 0 saturated heterocycles. The van der Waals surface area contributed by atoms with Gasteiger partial charge in [0.25, 0.3) is 0 Å². The van der Waals surface area contributed by atoms with Gasteiger partial charge in [-0.15, -0.1) is 11.8 Å². The third-order valence-corrected chi connectivity index (χ3v) is 6.80. The predicted octanol–water partition coefficient (Wildman–Crippen LogP) is 2.39. The number of thioether (sulfide) groups is 1. The van der Waals surface area contributed by atoms with Crippen molar-refractivity contribution in [1.82, 2.24) is 25.8 Å². The number of aliphatic imine (C=N–C) groups is 1. The molecule has 0 radical (unpaired) electrons. The number of nitrogens with zero attached hydrogens (tertiary/aromatic N) is 4. The van der Waals surface area contributed by atoms with Crippen LogP contribution in [-0.2, 0) is 21.9 Å². The van der Waals surface area contributed by atoms with Gasteiger partial charge < -0.3 is 20.6 Å². The summed E-state index contributed by atoms with van der Waals surface area (Å²) in [5.74, 6) is 1.08. The zero-order valence-electron chi connectivity index (χ0n) is 21.1. The number of hydrogen-bond donors (Lipinski definition) is 3. The van der Waals surface area contributed by atoms with Gasteiger partial charge in [-0.1, -0.05) is 61.4 Å². The molecular weight excluding hydrogens is 480 g/mol. The summed E-state index contributed by atoms with van der Waals surface area (Å²) in [5.41, 5.74) is 3.16. The van der Waals surface area contributed by atoms with Crippen LogP contribution < -0.4 is 10.6 Å². The van der Waals surface area contributed by atoms with E-state index in [0.717, 1.165) is 17.0 Å². The number of benzene rings is 1. The Kier molecular flexibility index (Phi) is 10.1. The summed E-state index contributed by atoms with van der Waals surface area (Å²) in [6.45, 7) is 7.75. The predicted molar refractivity (Wildman–Crippen MR) is 139 cm³/mol. The normalized spacial score (nSPS) is 17.6. The third-order valence-electron chi connectivity index (χ3n) is 5.74. The van der Waals surface area contributed by atoms with Gasteiger partial charge in [0.15, 0.2) is 17.8 Å². The summed E-state index contributed by atoms with van der Waals surface area (Å²) in [6.07, 6.45) is 1.02. The molecule has 3 rings (SSSR count). The van der Waals surface area contributed by atoms with Crippen LogP contribution in [0, 0.1) is 12.8 Å².